The second-order valence-corrected chi connectivity index (χ2v) is 7.46. The van der Waals surface area contributed by atoms with Crippen molar-refractivity contribution < 1.29 is 9.53 Å². The summed E-state index contributed by atoms with van der Waals surface area (Å²) in [5.74, 6) is 0.847. The number of hydrogen-bond donors (Lipinski definition) is 0. The summed E-state index contributed by atoms with van der Waals surface area (Å²) in [5.41, 5.74) is 2.44. The lowest BCUT2D eigenvalue weighted by Crippen LogP contribution is -2.49. The highest BCUT2D eigenvalue weighted by molar-refractivity contribution is 5.95. The Bertz CT molecular complexity index is 1030. The Morgan fingerprint density at radius 2 is 1.74 bits per heavy atom. The third-order valence-electron chi connectivity index (χ3n) is 5.60. The molecule has 2 saturated heterocycles. The van der Waals surface area contributed by atoms with E-state index in [1.54, 1.807) is 6.20 Å². The predicted octanol–water partition coefficient (Wildman–Crippen LogP) is 0.251. The molecule has 4 heterocycles. The molecule has 2 aliphatic rings. The van der Waals surface area contributed by atoms with Crippen molar-refractivity contribution in [3.8, 4) is 5.69 Å². The molecule has 2 fully saturated rings. The number of piperazine rings is 1. The Morgan fingerprint density at radius 3 is 2.52 bits per heavy atom. The number of ether oxygens (including phenoxy) is 1. The molecule has 31 heavy (non-hydrogen) atoms. The molecule has 3 aromatic rings. The first-order valence-electron chi connectivity index (χ1n) is 10.3. The molecule has 11 heteroatoms. The molecule has 0 N–H and O–H groups in total. The number of anilines is 2. The van der Waals surface area contributed by atoms with Crippen LogP contribution >= 0.6 is 0 Å². The molecule has 0 aliphatic carbocycles. The first kappa shape index (κ1) is 19.4. The highest BCUT2D eigenvalue weighted by Gasteiger charge is 2.24. The Morgan fingerprint density at radius 1 is 0.903 bits per heavy atom. The number of carbonyl (C=O) groups is 1. The number of amides is 1. The lowest BCUT2D eigenvalue weighted by Gasteiger charge is -2.36. The zero-order chi connectivity index (χ0) is 21.0. The van der Waals surface area contributed by atoms with Crippen LogP contribution in [0.15, 0.2) is 42.9 Å². The Balaban J connectivity index is 1.24. The van der Waals surface area contributed by atoms with E-state index in [0.29, 0.717) is 31.7 Å². The molecular weight excluding hydrogens is 398 g/mol. The van der Waals surface area contributed by atoms with Gasteiger partial charge in [-0.1, -0.05) is 6.07 Å². The van der Waals surface area contributed by atoms with E-state index in [-0.39, 0.29) is 5.91 Å². The van der Waals surface area contributed by atoms with Crippen LogP contribution in [0.25, 0.3) is 5.69 Å². The van der Waals surface area contributed by atoms with Crippen molar-refractivity contribution >= 4 is 17.4 Å². The number of benzene rings is 1. The number of aromatic nitrogens is 6. The lowest BCUT2D eigenvalue weighted by atomic mass is 10.1. The SMILES string of the molecule is O=C(c1cccc(-n2cnnn2)c1)N1CCN(c2cc(N3CCOCC3)cnn2)CC1. The zero-order valence-corrected chi connectivity index (χ0v) is 17.0. The van der Waals surface area contributed by atoms with Crippen LogP contribution in [0.2, 0.25) is 0 Å². The second kappa shape index (κ2) is 8.64. The van der Waals surface area contributed by atoms with Gasteiger partial charge in [0.2, 0.25) is 0 Å². The fourth-order valence-corrected chi connectivity index (χ4v) is 3.88. The molecule has 1 amide bonds. The average molecular weight is 421 g/mol. The highest BCUT2D eigenvalue weighted by atomic mass is 16.5. The van der Waals surface area contributed by atoms with E-state index in [4.69, 9.17) is 4.74 Å². The topological polar surface area (TPSA) is 105 Å². The summed E-state index contributed by atoms with van der Waals surface area (Å²) in [6, 6.07) is 9.41. The Kier molecular flexibility index (Phi) is 5.40. The Hall–Kier alpha value is -3.60. The van der Waals surface area contributed by atoms with E-state index in [1.165, 1.54) is 11.0 Å². The number of carbonyl (C=O) groups excluding carboxylic acids is 1. The molecule has 0 unspecified atom stereocenters. The van der Waals surface area contributed by atoms with Crippen LogP contribution in [0.1, 0.15) is 10.4 Å². The maximum atomic E-state index is 13.0. The summed E-state index contributed by atoms with van der Waals surface area (Å²) in [7, 11) is 0. The van der Waals surface area contributed by atoms with E-state index in [2.05, 4.69) is 41.6 Å². The standard InChI is InChI=1S/C20H23N9O2/c30-20(16-2-1-3-17(12-16)29-15-22-24-25-29)28-6-4-27(5-7-28)19-13-18(14-21-23-19)26-8-10-31-11-9-26/h1-3,12-15H,4-11H2. The maximum Gasteiger partial charge on any atom is 0.254 e. The maximum absolute atomic E-state index is 13.0. The van der Waals surface area contributed by atoms with Gasteiger partial charge in [-0.2, -0.15) is 5.10 Å². The summed E-state index contributed by atoms with van der Waals surface area (Å²) in [6.45, 7) is 5.84. The van der Waals surface area contributed by atoms with E-state index in [0.717, 1.165) is 43.5 Å². The van der Waals surface area contributed by atoms with Gasteiger partial charge in [0.25, 0.3) is 5.91 Å². The number of morpholine rings is 1. The minimum atomic E-state index is 0.00252. The van der Waals surface area contributed by atoms with Crippen molar-refractivity contribution in [3.63, 3.8) is 0 Å². The zero-order valence-electron chi connectivity index (χ0n) is 17.0. The van der Waals surface area contributed by atoms with Gasteiger partial charge >= 0.3 is 0 Å². The van der Waals surface area contributed by atoms with E-state index >= 15 is 0 Å². The van der Waals surface area contributed by atoms with Gasteiger partial charge in [0, 0.05) is 50.9 Å². The van der Waals surface area contributed by atoms with Crippen molar-refractivity contribution in [2.45, 2.75) is 0 Å². The average Bonchev–Trinajstić information content (AvgIpc) is 3.40. The van der Waals surface area contributed by atoms with E-state index in [1.807, 2.05) is 29.2 Å². The molecule has 0 saturated carbocycles. The largest absolute Gasteiger partial charge is 0.378 e. The third-order valence-corrected chi connectivity index (χ3v) is 5.60. The molecule has 11 nitrogen and oxygen atoms in total. The van der Waals surface area contributed by atoms with Gasteiger partial charge in [0.1, 0.15) is 6.33 Å². The summed E-state index contributed by atoms with van der Waals surface area (Å²) < 4.78 is 6.97. The van der Waals surface area contributed by atoms with Crippen LogP contribution in [-0.4, -0.2) is 93.7 Å². The van der Waals surface area contributed by atoms with Gasteiger partial charge in [0.05, 0.1) is 30.8 Å². The first-order valence-corrected chi connectivity index (χ1v) is 10.3. The molecule has 5 rings (SSSR count). The fraction of sp³-hybridized carbons (Fsp3) is 0.400. The number of hydrogen-bond acceptors (Lipinski definition) is 9. The van der Waals surface area contributed by atoms with Crippen molar-refractivity contribution in [1.29, 1.82) is 0 Å². The lowest BCUT2D eigenvalue weighted by molar-refractivity contribution is 0.0746. The monoisotopic (exact) mass is 421 g/mol. The van der Waals surface area contributed by atoms with Crippen LogP contribution in [0.4, 0.5) is 11.5 Å². The van der Waals surface area contributed by atoms with Gasteiger partial charge in [-0.05, 0) is 28.6 Å². The van der Waals surface area contributed by atoms with Crippen LogP contribution < -0.4 is 9.80 Å². The molecule has 0 radical (unpaired) electrons. The van der Waals surface area contributed by atoms with Gasteiger partial charge < -0.3 is 19.4 Å². The van der Waals surface area contributed by atoms with Crippen LogP contribution in [0.3, 0.4) is 0 Å². The fourth-order valence-electron chi connectivity index (χ4n) is 3.88. The van der Waals surface area contributed by atoms with Gasteiger partial charge in [-0.15, -0.1) is 10.2 Å². The number of tetrazole rings is 1. The molecule has 0 spiro atoms. The Labute approximate surface area is 179 Å². The number of rotatable bonds is 4. The summed E-state index contributed by atoms with van der Waals surface area (Å²) in [5, 5.41) is 19.7. The molecule has 1 aromatic carbocycles. The minimum Gasteiger partial charge on any atom is -0.378 e. The van der Waals surface area contributed by atoms with Crippen molar-refractivity contribution in [1.82, 2.24) is 35.3 Å². The highest BCUT2D eigenvalue weighted by Crippen LogP contribution is 2.21. The van der Waals surface area contributed by atoms with Gasteiger partial charge in [-0.25, -0.2) is 4.68 Å². The van der Waals surface area contributed by atoms with E-state index in [9.17, 15) is 4.79 Å². The first-order chi connectivity index (χ1) is 15.3. The molecule has 0 atom stereocenters. The van der Waals surface area contributed by atoms with Crippen LogP contribution in [0.5, 0.6) is 0 Å². The van der Waals surface area contributed by atoms with E-state index < -0.39 is 0 Å². The summed E-state index contributed by atoms with van der Waals surface area (Å²) in [6.07, 6.45) is 3.31. The van der Waals surface area contributed by atoms with Crippen molar-refractivity contribution in [3.05, 3.63) is 48.4 Å². The minimum absolute atomic E-state index is 0.00252. The third kappa shape index (κ3) is 4.17. The van der Waals surface area contributed by atoms with Gasteiger partial charge in [-0.3, -0.25) is 4.79 Å². The second-order valence-electron chi connectivity index (χ2n) is 7.46. The molecule has 2 aliphatic heterocycles. The van der Waals surface area contributed by atoms with Crippen molar-refractivity contribution in [2.75, 3.05) is 62.3 Å². The molecule has 0 bridgehead atoms. The van der Waals surface area contributed by atoms with Crippen LogP contribution in [0, 0.1) is 0 Å². The van der Waals surface area contributed by atoms with Crippen molar-refractivity contribution in [2.24, 2.45) is 0 Å². The predicted molar refractivity (Wildman–Crippen MR) is 112 cm³/mol. The summed E-state index contributed by atoms with van der Waals surface area (Å²) in [4.78, 5) is 19.3. The smallest absolute Gasteiger partial charge is 0.254 e. The quantitative estimate of drug-likeness (QED) is 0.586. The van der Waals surface area contributed by atoms with Gasteiger partial charge in [0.15, 0.2) is 5.82 Å². The molecular formula is C20H23N9O2. The van der Waals surface area contributed by atoms with Crippen LogP contribution in [-0.2, 0) is 4.74 Å². The number of nitrogens with zero attached hydrogens (tertiary/aromatic N) is 9. The normalized spacial score (nSPS) is 17.1. The summed E-state index contributed by atoms with van der Waals surface area (Å²) >= 11 is 0. The molecule has 160 valence electrons. The molecule has 2 aromatic heterocycles.